The number of hydrazine groups is 1. The van der Waals surface area contributed by atoms with Gasteiger partial charge in [-0.3, -0.25) is 20.4 Å². The number of rotatable bonds is 5. The minimum Gasteiger partial charge on any atom is -0.271 e. The molecule has 0 aliphatic heterocycles. The first kappa shape index (κ1) is 20.4. The summed E-state index contributed by atoms with van der Waals surface area (Å²) in [5.74, 6) is -2.15. The molecule has 0 radical (unpaired) electrons. The molecule has 2 amide bonds. The first-order valence-corrected chi connectivity index (χ1v) is 11.1. The molecule has 3 rings (SSSR count). The fraction of sp³-hybridized carbons (Fsp3) is 0.333. The van der Waals surface area contributed by atoms with E-state index in [4.69, 9.17) is 0 Å². The minimum absolute atomic E-state index is 0.461. The molecule has 0 saturated carbocycles. The van der Waals surface area contributed by atoms with E-state index in [-0.39, 0.29) is 0 Å². The van der Waals surface area contributed by atoms with Crippen molar-refractivity contribution in [1.82, 2.24) is 15.6 Å². The molecule has 0 fully saturated rings. The number of halogens is 1. The van der Waals surface area contributed by atoms with Crippen LogP contribution < -0.4 is 15.6 Å². The predicted molar refractivity (Wildman–Crippen MR) is 103 cm³/mol. The molecule has 2 aromatic rings. The molecule has 1 heterocycles. The highest BCUT2D eigenvalue weighted by Gasteiger charge is 2.25. The van der Waals surface area contributed by atoms with Crippen LogP contribution >= 0.6 is 11.3 Å². The summed E-state index contributed by atoms with van der Waals surface area (Å²) in [5, 5.41) is 0. The molecule has 1 aliphatic carbocycles. The highest BCUT2D eigenvalue weighted by molar-refractivity contribution is 7.89. The Hall–Kier alpha value is -2.30. The lowest BCUT2D eigenvalue weighted by molar-refractivity contribution is -0.123. The zero-order valence-corrected chi connectivity index (χ0v) is 16.8. The van der Waals surface area contributed by atoms with Crippen LogP contribution in [0.3, 0.4) is 0 Å². The normalized spacial score (nSPS) is 14.8. The van der Waals surface area contributed by atoms with Crippen LogP contribution in [-0.2, 0) is 27.7 Å². The molecule has 3 N–H and O–H groups in total. The molecule has 1 aliphatic rings. The van der Waals surface area contributed by atoms with Gasteiger partial charge in [0, 0.05) is 4.88 Å². The summed E-state index contributed by atoms with van der Waals surface area (Å²) < 4.78 is 40.2. The average Bonchev–Trinajstić information content (AvgIpc) is 3.10. The summed E-state index contributed by atoms with van der Waals surface area (Å²) >= 11 is 1.40. The first-order valence-electron chi connectivity index (χ1n) is 8.76. The topological polar surface area (TPSA) is 104 Å². The Morgan fingerprint density at radius 2 is 1.86 bits per heavy atom. The number of sulfonamides is 1. The van der Waals surface area contributed by atoms with Gasteiger partial charge in [0.2, 0.25) is 10.0 Å². The lowest BCUT2D eigenvalue weighted by Gasteiger charge is -2.15. The number of aryl methyl sites for hydroxylation is 2. The molecule has 0 spiro atoms. The van der Waals surface area contributed by atoms with E-state index in [0.29, 0.717) is 4.88 Å². The van der Waals surface area contributed by atoms with Gasteiger partial charge < -0.3 is 0 Å². The van der Waals surface area contributed by atoms with Crippen LogP contribution in [0, 0.1) is 5.82 Å². The molecule has 10 heteroatoms. The van der Waals surface area contributed by atoms with Crippen molar-refractivity contribution in [3.05, 3.63) is 51.5 Å². The van der Waals surface area contributed by atoms with Gasteiger partial charge in [0.05, 0.1) is 10.9 Å². The van der Waals surface area contributed by atoms with Crippen molar-refractivity contribution in [2.45, 2.75) is 43.5 Å². The Morgan fingerprint density at radius 3 is 2.57 bits per heavy atom. The van der Waals surface area contributed by atoms with Gasteiger partial charge in [-0.05, 0) is 56.4 Å². The van der Waals surface area contributed by atoms with E-state index in [2.05, 4.69) is 15.6 Å². The van der Waals surface area contributed by atoms with E-state index in [1.54, 1.807) is 0 Å². The van der Waals surface area contributed by atoms with Gasteiger partial charge >= 0.3 is 0 Å². The third-order valence-corrected chi connectivity index (χ3v) is 7.18. The van der Waals surface area contributed by atoms with Crippen LogP contribution in [-0.4, -0.2) is 26.3 Å². The van der Waals surface area contributed by atoms with Crippen LogP contribution in [0.15, 0.2) is 35.2 Å². The molecular weight excluding hydrogens is 405 g/mol. The van der Waals surface area contributed by atoms with Crippen molar-refractivity contribution in [1.29, 1.82) is 0 Å². The highest BCUT2D eigenvalue weighted by Crippen LogP contribution is 2.29. The molecule has 0 saturated heterocycles. The minimum atomic E-state index is -4.22. The number of benzene rings is 1. The second-order valence-electron chi connectivity index (χ2n) is 6.48. The zero-order chi connectivity index (χ0) is 20.3. The molecule has 0 unspecified atom stereocenters. The van der Waals surface area contributed by atoms with E-state index in [0.717, 1.165) is 37.8 Å². The van der Waals surface area contributed by atoms with E-state index >= 15 is 0 Å². The predicted octanol–water partition coefficient (Wildman–Crippen LogP) is 1.89. The molecule has 7 nitrogen and oxygen atoms in total. The van der Waals surface area contributed by atoms with Crippen LogP contribution in [0.1, 0.15) is 39.9 Å². The maximum atomic E-state index is 13.7. The number of carbonyl (C=O) groups excluding carboxylic acids is 2. The summed E-state index contributed by atoms with van der Waals surface area (Å²) in [6.07, 6.45) is 4.10. The number of hydrogen-bond donors (Lipinski definition) is 3. The fourth-order valence-corrected chi connectivity index (χ4v) is 5.33. The van der Waals surface area contributed by atoms with Gasteiger partial charge in [-0.2, -0.15) is 4.72 Å². The second kappa shape index (κ2) is 8.38. The lowest BCUT2D eigenvalue weighted by Crippen LogP contribution is -2.51. The van der Waals surface area contributed by atoms with Crippen LogP contribution in [0.5, 0.6) is 0 Å². The molecule has 1 atom stereocenters. The van der Waals surface area contributed by atoms with Gasteiger partial charge in [0.15, 0.2) is 0 Å². The van der Waals surface area contributed by atoms with E-state index in [1.165, 1.54) is 40.8 Å². The van der Waals surface area contributed by atoms with E-state index < -0.39 is 38.6 Å². The molecule has 150 valence electrons. The van der Waals surface area contributed by atoms with Gasteiger partial charge in [-0.15, -0.1) is 11.3 Å². The van der Waals surface area contributed by atoms with Crippen LogP contribution in [0.4, 0.5) is 4.39 Å². The van der Waals surface area contributed by atoms with E-state index in [1.807, 2.05) is 6.07 Å². The molecule has 1 aromatic heterocycles. The van der Waals surface area contributed by atoms with Crippen molar-refractivity contribution in [3.63, 3.8) is 0 Å². The van der Waals surface area contributed by atoms with Crippen molar-refractivity contribution >= 4 is 33.2 Å². The maximum absolute atomic E-state index is 13.7. The Morgan fingerprint density at radius 1 is 1.14 bits per heavy atom. The summed E-state index contributed by atoms with van der Waals surface area (Å²) in [6, 6.07) is 5.46. The summed E-state index contributed by atoms with van der Waals surface area (Å²) in [4.78, 5) is 25.5. The third-order valence-electron chi connectivity index (χ3n) is 4.37. The number of nitrogens with one attached hydrogen (secondary N) is 3. The molecule has 0 bridgehead atoms. The van der Waals surface area contributed by atoms with Crippen LogP contribution in [0.2, 0.25) is 0 Å². The van der Waals surface area contributed by atoms with Crippen molar-refractivity contribution in [2.24, 2.45) is 0 Å². The highest BCUT2D eigenvalue weighted by atomic mass is 32.2. The Kier molecular flexibility index (Phi) is 6.11. The van der Waals surface area contributed by atoms with E-state index in [9.17, 15) is 22.4 Å². The largest absolute Gasteiger partial charge is 0.279 e. The number of thiophene rings is 1. The van der Waals surface area contributed by atoms with Crippen molar-refractivity contribution in [3.8, 4) is 0 Å². The molecule has 28 heavy (non-hydrogen) atoms. The summed E-state index contributed by atoms with van der Waals surface area (Å²) in [7, 11) is -4.22. The monoisotopic (exact) mass is 425 g/mol. The SMILES string of the molecule is C[C@H](NS(=O)(=O)c1ccccc1F)C(=O)NNC(=O)c1cc2c(s1)CCCC2. The fourth-order valence-electron chi connectivity index (χ4n) is 2.90. The Labute approximate surface area is 166 Å². The quantitative estimate of drug-likeness (QED) is 0.637. The smallest absolute Gasteiger partial charge is 0.271 e. The van der Waals surface area contributed by atoms with Gasteiger partial charge in [0.1, 0.15) is 10.7 Å². The zero-order valence-electron chi connectivity index (χ0n) is 15.1. The number of amides is 2. The first-order chi connectivity index (χ1) is 13.3. The standard InChI is InChI=1S/C18H20FN3O4S2/c1-11(22-28(25,26)16-9-5-3-7-13(16)19)17(23)20-21-18(24)15-10-12-6-2-4-8-14(12)27-15/h3,5,7,9-11,22H,2,4,6,8H2,1H3,(H,20,23)(H,21,24)/t11-/m0/s1. The number of hydrogen-bond acceptors (Lipinski definition) is 5. The van der Waals surface area contributed by atoms with Gasteiger partial charge in [-0.25, -0.2) is 12.8 Å². The molecular formula is C18H20FN3O4S2. The number of carbonyl (C=O) groups is 2. The number of fused-ring (bicyclic) bond motifs is 1. The van der Waals surface area contributed by atoms with Crippen molar-refractivity contribution < 1.29 is 22.4 Å². The summed E-state index contributed by atoms with van der Waals surface area (Å²) in [5.41, 5.74) is 5.65. The Balaban J connectivity index is 1.57. The van der Waals surface area contributed by atoms with Gasteiger partial charge in [-0.1, -0.05) is 12.1 Å². The molecule has 1 aromatic carbocycles. The van der Waals surface area contributed by atoms with Crippen LogP contribution in [0.25, 0.3) is 0 Å². The average molecular weight is 426 g/mol. The maximum Gasteiger partial charge on any atom is 0.279 e. The third kappa shape index (κ3) is 4.57. The van der Waals surface area contributed by atoms with Crippen molar-refractivity contribution in [2.75, 3.05) is 0 Å². The lowest BCUT2D eigenvalue weighted by atomic mass is 9.99. The second-order valence-corrected chi connectivity index (χ2v) is 9.30. The summed E-state index contributed by atoms with van der Waals surface area (Å²) in [6.45, 7) is 1.30. The Bertz CT molecular complexity index is 981. The van der Waals surface area contributed by atoms with Gasteiger partial charge in [0.25, 0.3) is 11.8 Å².